The van der Waals surface area contributed by atoms with E-state index in [9.17, 15) is 14.9 Å². The van der Waals surface area contributed by atoms with Gasteiger partial charge in [0.2, 0.25) is 0 Å². The van der Waals surface area contributed by atoms with Crippen molar-refractivity contribution < 1.29 is 14.5 Å². The highest BCUT2D eigenvalue weighted by molar-refractivity contribution is 5.89. The van der Waals surface area contributed by atoms with Crippen molar-refractivity contribution in [2.24, 2.45) is 0 Å². The third kappa shape index (κ3) is 2.78. The number of aromatic amines is 1. The number of H-pyrrole nitrogens is 1. The van der Waals surface area contributed by atoms with Gasteiger partial charge in [-0.2, -0.15) is 0 Å². The van der Waals surface area contributed by atoms with E-state index in [2.05, 4.69) is 9.97 Å². The first-order valence-electron chi connectivity index (χ1n) is 6.49. The van der Waals surface area contributed by atoms with E-state index < -0.39 is 10.9 Å². The quantitative estimate of drug-likeness (QED) is 0.453. The Balaban J connectivity index is 1.67. The van der Waals surface area contributed by atoms with Gasteiger partial charge in [0, 0.05) is 12.1 Å². The number of imidazole rings is 1. The van der Waals surface area contributed by atoms with E-state index >= 15 is 0 Å². The summed E-state index contributed by atoms with van der Waals surface area (Å²) in [5, 5.41) is 10.6. The zero-order valence-corrected chi connectivity index (χ0v) is 11.4. The number of nitro benzene ring substituents is 1. The molecule has 110 valence electrons. The lowest BCUT2D eigenvalue weighted by Crippen LogP contribution is -2.06. The minimum absolute atomic E-state index is 0.00447. The molecule has 0 aliphatic rings. The molecule has 3 aromatic rings. The molecule has 0 saturated carbocycles. The average molecular weight is 297 g/mol. The maximum absolute atomic E-state index is 11.9. The summed E-state index contributed by atoms with van der Waals surface area (Å²) >= 11 is 0. The van der Waals surface area contributed by atoms with Crippen LogP contribution in [0.15, 0.2) is 48.5 Å². The van der Waals surface area contributed by atoms with Gasteiger partial charge in [-0.3, -0.25) is 10.1 Å². The molecule has 0 bridgehead atoms. The van der Waals surface area contributed by atoms with Crippen molar-refractivity contribution in [2.75, 3.05) is 0 Å². The number of non-ortho nitro benzene ring substituents is 1. The number of para-hydroxylation sites is 2. The Morgan fingerprint density at radius 3 is 2.59 bits per heavy atom. The van der Waals surface area contributed by atoms with Gasteiger partial charge in [-0.15, -0.1) is 0 Å². The van der Waals surface area contributed by atoms with Crippen molar-refractivity contribution in [2.45, 2.75) is 6.61 Å². The molecule has 0 saturated heterocycles. The van der Waals surface area contributed by atoms with Crippen molar-refractivity contribution in [3.8, 4) is 0 Å². The SMILES string of the molecule is O=C(OCc1nc2ccccc2[nH]1)c1ccc([N+](=O)[O-])cc1. The van der Waals surface area contributed by atoms with Crippen LogP contribution in [-0.2, 0) is 11.3 Å². The van der Waals surface area contributed by atoms with Crippen LogP contribution in [0.25, 0.3) is 11.0 Å². The predicted octanol–water partition coefficient (Wildman–Crippen LogP) is 2.83. The van der Waals surface area contributed by atoms with Crippen LogP contribution >= 0.6 is 0 Å². The second-order valence-corrected chi connectivity index (χ2v) is 4.58. The minimum Gasteiger partial charge on any atom is -0.454 e. The smallest absolute Gasteiger partial charge is 0.338 e. The molecule has 7 nitrogen and oxygen atoms in total. The van der Waals surface area contributed by atoms with Crippen LogP contribution in [0.3, 0.4) is 0 Å². The fourth-order valence-electron chi connectivity index (χ4n) is 2.01. The molecule has 1 heterocycles. The molecule has 1 aromatic heterocycles. The van der Waals surface area contributed by atoms with E-state index in [1.807, 2.05) is 24.3 Å². The fourth-order valence-corrected chi connectivity index (χ4v) is 2.01. The molecule has 2 aromatic carbocycles. The van der Waals surface area contributed by atoms with E-state index in [0.29, 0.717) is 5.82 Å². The molecular formula is C15H11N3O4. The highest BCUT2D eigenvalue weighted by Crippen LogP contribution is 2.14. The summed E-state index contributed by atoms with van der Waals surface area (Å²) in [4.78, 5) is 29.3. The number of nitrogens with one attached hydrogen (secondary N) is 1. The maximum atomic E-state index is 11.9. The van der Waals surface area contributed by atoms with Gasteiger partial charge in [-0.05, 0) is 24.3 Å². The Morgan fingerprint density at radius 2 is 1.91 bits per heavy atom. The van der Waals surface area contributed by atoms with E-state index in [0.717, 1.165) is 11.0 Å². The Hall–Kier alpha value is -3.22. The lowest BCUT2D eigenvalue weighted by molar-refractivity contribution is -0.384. The molecular weight excluding hydrogens is 286 g/mol. The number of ether oxygens (including phenoxy) is 1. The highest BCUT2D eigenvalue weighted by atomic mass is 16.6. The van der Waals surface area contributed by atoms with Gasteiger partial charge >= 0.3 is 5.97 Å². The van der Waals surface area contributed by atoms with Gasteiger partial charge in [0.1, 0.15) is 12.4 Å². The molecule has 0 atom stereocenters. The van der Waals surface area contributed by atoms with E-state index in [4.69, 9.17) is 4.74 Å². The Bertz CT molecular complexity index is 806. The molecule has 0 unspecified atom stereocenters. The summed E-state index contributed by atoms with van der Waals surface area (Å²) in [7, 11) is 0. The summed E-state index contributed by atoms with van der Waals surface area (Å²) in [5.41, 5.74) is 1.84. The lowest BCUT2D eigenvalue weighted by Gasteiger charge is -2.02. The van der Waals surface area contributed by atoms with E-state index in [-0.39, 0.29) is 17.9 Å². The monoisotopic (exact) mass is 297 g/mol. The number of aromatic nitrogens is 2. The molecule has 0 aliphatic heterocycles. The van der Waals surface area contributed by atoms with Gasteiger partial charge in [-0.25, -0.2) is 9.78 Å². The Kier molecular flexibility index (Phi) is 3.53. The number of rotatable bonds is 4. The third-order valence-corrected chi connectivity index (χ3v) is 3.09. The lowest BCUT2D eigenvalue weighted by atomic mass is 10.2. The molecule has 0 spiro atoms. The van der Waals surface area contributed by atoms with Gasteiger partial charge in [0.25, 0.3) is 5.69 Å². The summed E-state index contributed by atoms with van der Waals surface area (Å²) < 4.78 is 5.14. The number of esters is 1. The molecule has 7 heteroatoms. The second kappa shape index (κ2) is 5.65. The first-order valence-corrected chi connectivity index (χ1v) is 6.49. The third-order valence-electron chi connectivity index (χ3n) is 3.09. The van der Waals surface area contributed by atoms with Crippen LogP contribution in [0.2, 0.25) is 0 Å². The largest absolute Gasteiger partial charge is 0.454 e. The number of carbonyl (C=O) groups excluding carboxylic acids is 1. The Morgan fingerprint density at radius 1 is 1.18 bits per heavy atom. The standard InChI is InChI=1S/C15H11N3O4/c19-15(10-5-7-11(8-6-10)18(20)21)22-9-14-16-12-3-1-2-4-13(12)17-14/h1-8H,9H2,(H,16,17). The minimum atomic E-state index is -0.560. The fraction of sp³-hybridized carbons (Fsp3) is 0.0667. The Labute approximate surface area is 124 Å². The molecule has 0 amide bonds. The zero-order valence-electron chi connectivity index (χ0n) is 11.4. The number of hydrogen-bond acceptors (Lipinski definition) is 5. The number of hydrogen-bond donors (Lipinski definition) is 1. The van der Waals surface area contributed by atoms with Crippen molar-refractivity contribution in [1.29, 1.82) is 0 Å². The van der Waals surface area contributed by atoms with Crippen LogP contribution in [0, 0.1) is 10.1 Å². The average Bonchev–Trinajstić information content (AvgIpc) is 2.95. The van der Waals surface area contributed by atoms with Crippen molar-refractivity contribution >= 4 is 22.7 Å². The van der Waals surface area contributed by atoms with Crippen molar-refractivity contribution in [1.82, 2.24) is 9.97 Å². The number of fused-ring (bicyclic) bond motifs is 1. The highest BCUT2D eigenvalue weighted by Gasteiger charge is 2.11. The second-order valence-electron chi connectivity index (χ2n) is 4.58. The van der Waals surface area contributed by atoms with Crippen molar-refractivity contribution in [3.63, 3.8) is 0 Å². The summed E-state index contributed by atoms with van der Waals surface area (Å²) in [6.45, 7) is 0.00447. The number of nitro groups is 1. The molecule has 3 rings (SSSR count). The van der Waals surface area contributed by atoms with Crippen LogP contribution in [0.1, 0.15) is 16.2 Å². The first kappa shape index (κ1) is 13.7. The van der Waals surface area contributed by atoms with Crippen LogP contribution in [0.4, 0.5) is 5.69 Å². The zero-order chi connectivity index (χ0) is 15.5. The van der Waals surface area contributed by atoms with Crippen LogP contribution in [0.5, 0.6) is 0 Å². The predicted molar refractivity (Wildman–Crippen MR) is 78.3 cm³/mol. The van der Waals surface area contributed by atoms with Crippen LogP contribution in [-0.4, -0.2) is 20.9 Å². The summed E-state index contributed by atoms with van der Waals surface area (Å²) in [6, 6.07) is 12.7. The molecule has 0 aliphatic carbocycles. The summed E-state index contributed by atoms with van der Waals surface area (Å²) in [5.74, 6) is -0.0215. The van der Waals surface area contributed by atoms with Crippen molar-refractivity contribution in [3.05, 3.63) is 70.0 Å². The van der Waals surface area contributed by atoms with Gasteiger partial charge in [0.05, 0.1) is 21.5 Å². The first-order chi connectivity index (χ1) is 10.6. The number of carbonyl (C=O) groups is 1. The summed E-state index contributed by atoms with van der Waals surface area (Å²) in [6.07, 6.45) is 0. The van der Waals surface area contributed by atoms with Gasteiger partial charge < -0.3 is 9.72 Å². The van der Waals surface area contributed by atoms with Crippen LogP contribution < -0.4 is 0 Å². The van der Waals surface area contributed by atoms with Gasteiger partial charge in [-0.1, -0.05) is 12.1 Å². The maximum Gasteiger partial charge on any atom is 0.338 e. The topological polar surface area (TPSA) is 98.1 Å². The number of nitrogens with zero attached hydrogens (tertiary/aromatic N) is 2. The molecule has 1 N–H and O–H groups in total. The molecule has 0 fully saturated rings. The van der Waals surface area contributed by atoms with Gasteiger partial charge in [0.15, 0.2) is 0 Å². The molecule has 22 heavy (non-hydrogen) atoms. The van der Waals surface area contributed by atoms with E-state index in [1.54, 1.807) is 0 Å². The molecule has 0 radical (unpaired) electrons. The number of benzene rings is 2. The normalized spacial score (nSPS) is 10.5. The van der Waals surface area contributed by atoms with E-state index in [1.165, 1.54) is 24.3 Å².